The van der Waals surface area contributed by atoms with Gasteiger partial charge in [0.15, 0.2) is 0 Å². The number of piperidine rings is 1. The highest BCUT2D eigenvalue weighted by molar-refractivity contribution is 7.03. The Morgan fingerprint density at radius 3 is 2.67 bits per heavy atom. The van der Waals surface area contributed by atoms with Gasteiger partial charge in [-0.25, -0.2) is 0 Å². The van der Waals surface area contributed by atoms with Gasteiger partial charge in [0.25, 0.3) is 0 Å². The van der Waals surface area contributed by atoms with Gasteiger partial charge in [0.1, 0.15) is 0 Å². The summed E-state index contributed by atoms with van der Waals surface area (Å²) in [6.45, 7) is 4.62. The Bertz CT molecular complexity index is 334. The van der Waals surface area contributed by atoms with Crippen molar-refractivity contribution in [1.82, 2.24) is 19.8 Å². The fourth-order valence-corrected chi connectivity index (χ4v) is 2.87. The van der Waals surface area contributed by atoms with Crippen LogP contribution in [0.1, 0.15) is 31.4 Å². The van der Waals surface area contributed by atoms with E-state index < -0.39 is 0 Å². The van der Waals surface area contributed by atoms with E-state index in [1.54, 1.807) is 0 Å². The standard InChI is InChI=1S/C12H20N4S.ClH/c1-2-10(1)7-13-11-3-5-16(6-4-11)8-12-9-17-15-14-12;/h9-11,13H,1-8H2;1H. The molecule has 6 heteroatoms. The first-order valence-corrected chi connectivity index (χ1v) is 7.45. The van der Waals surface area contributed by atoms with Crippen LogP contribution in [-0.2, 0) is 6.54 Å². The zero-order valence-electron chi connectivity index (χ0n) is 10.5. The second-order valence-corrected chi connectivity index (χ2v) is 5.91. The maximum Gasteiger partial charge on any atom is 0.0895 e. The first-order valence-electron chi connectivity index (χ1n) is 6.62. The van der Waals surface area contributed by atoms with Crippen LogP contribution in [-0.4, -0.2) is 40.2 Å². The van der Waals surface area contributed by atoms with Gasteiger partial charge in [-0.2, -0.15) is 0 Å². The molecule has 0 unspecified atom stereocenters. The van der Waals surface area contributed by atoms with E-state index in [1.807, 2.05) is 0 Å². The van der Waals surface area contributed by atoms with Crippen molar-refractivity contribution in [2.24, 2.45) is 5.92 Å². The van der Waals surface area contributed by atoms with Crippen molar-refractivity contribution < 1.29 is 0 Å². The number of nitrogens with zero attached hydrogens (tertiary/aromatic N) is 3. The van der Waals surface area contributed by atoms with Gasteiger partial charge in [0.2, 0.25) is 0 Å². The summed E-state index contributed by atoms with van der Waals surface area (Å²) in [5, 5.41) is 9.87. The monoisotopic (exact) mass is 288 g/mol. The average Bonchev–Trinajstić information content (AvgIpc) is 3.05. The molecule has 0 amide bonds. The molecular formula is C12H21ClN4S. The van der Waals surface area contributed by atoms with Gasteiger partial charge in [0, 0.05) is 31.1 Å². The molecule has 1 aromatic rings. The minimum absolute atomic E-state index is 0. The second-order valence-electron chi connectivity index (χ2n) is 5.30. The molecule has 0 atom stereocenters. The van der Waals surface area contributed by atoms with Crippen molar-refractivity contribution in [3.63, 3.8) is 0 Å². The Labute approximate surface area is 119 Å². The Morgan fingerprint density at radius 2 is 2.06 bits per heavy atom. The lowest BCUT2D eigenvalue weighted by Crippen LogP contribution is -2.42. The molecule has 1 saturated carbocycles. The van der Waals surface area contributed by atoms with Crippen molar-refractivity contribution in [2.75, 3.05) is 19.6 Å². The SMILES string of the molecule is Cl.c1snnc1CN1CCC(NCC2CC2)CC1. The number of likely N-dealkylation sites (tertiary alicyclic amines) is 1. The van der Waals surface area contributed by atoms with Crippen LogP contribution in [0.5, 0.6) is 0 Å². The van der Waals surface area contributed by atoms with E-state index in [2.05, 4.69) is 25.2 Å². The number of hydrogen-bond donors (Lipinski definition) is 1. The van der Waals surface area contributed by atoms with E-state index in [4.69, 9.17) is 0 Å². The lowest BCUT2D eigenvalue weighted by atomic mass is 10.0. The Balaban J connectivity index is 0.00000120. The fourth-order valence-electron chi connectivity index (χ4n) is 2.43. The number of halogens is 1. The van der Waals surface area contributed by atoms with Crippen LogP contribution in [0, 0.1) is 5.92 Å². The highest BCUT2D eigenvalue weighted by Crippen LogP contribution is 2.28. The molecule has 1 saturated heterocycles. The van der Waals surface area contributed by atoms with Gasteiger partial charge >= 0.3 is 0 Å². The lowest BCUT2D eigenvalue weighted by molar-refractivity contribution is 0.188. The first kappa shape index (κ1) is 14.2. The third-order valence-corrected chi connectivity index (χ3v) is 4.32. The summed E-state index contributed by atoms with van der Waals surface area (Å²) < 4.78 is 3.91. The number of nitrogens with one attached hydrogen (secondary N) is 1. The molecule has 0 bridgehead atoms. The fraction of sp³-hybridized carbons (Fsp3) is 0.833. The third kappa shape index (κ3) is 4.16. The smallest absolute Gasteiger partial charge is 0.0895 e. The molecule has 1 aliphatic carbocycles. The van der Waals surface area contributed by atoms with Gasteiger partial charge in [-0.1, -0.05) is 4.49 Å². The van der Waals surface area contributed by atoms with E-state index in [1.165, 1.54) is 56.9 Å². The van der Waals surface area contributed by atoms with Crippen LogP contribution in [0.4, 0.5) is 0 Å². The Hall–Kier alpha value is -0.230. The predicted molar refractivity (Wildman–Crippen MR) is 76.2 cm³/mol. The first-order chi connectivity index (χ1) is 8.40. The summed E-state index contributed by atoms with van der Waals surface area (Å²) in [5.41, 5.74) is 1.12. The summed E-state index contributed by atoms with van der Waals surface area (Å²) in [6, 6.07) is 0.750. The van der Waals surface area contributed by atoms with Crippen molar-refractivity contribution in [1.29, 1.82) is 0 Å². The van der Waals surface area contributed by atoms with E-state index in [-0.39, 0.29) is 12.4 Å². The number of aromatic nitrogens is 2. The molecule has 4 nitrogen and oxygen atoms in total. The normalized spacial score (nSPS) is 21.8. The van der Waals surface area contributed by atoms with Crippen LogP contribution in [0.15, 0.2) is 5.38 Å². The number of rotatable bonds is 5. The zero-order valence-corrected chi connectivity index (χ0v) is 12.2. The summed E-state index contributed by atoms with van der Waals surface area (Å²) in [4.78, 5) is 2.49. The van der Waals surface area contributed by atoms with Crippen molar-refractivity contribution in [2.45, 2.75) is 38.3 Å². The van der Waals surface area contributed by atoms with Gasteiger partial charge in [-0.15, -0.1) is 17.5 Å². The molecule has 102 valence electrons. The minimum atomic E-state index is 0. The van der Waals surface area contributed by atoms with Crippen molar-refractivity contribution >= 4 is 23.9 Å². The molecule has 0 spiro atoms. The van der Waals surface area contributed by atoms with Crippen LogP contribution in [0.2, 0.25) is 0 Å². The van der Waals surface area contributed by atoms with E-state index >= 15 is 0 Å². The third-order valence-electron chi connectivity index (χ3n) is 3.77. The second kappa shape index (κ2) is 6.80. The number of hydrogen-bond acceptors (Lipinski definition) is 5. The van der Waals surface area contributed by atoms with Crippen LogP contribution in [0.25, 0.3) is 0 Å². The lowest BCUT2D eigenvalue weighted by Gasteiger charge is -2.31. The molecule has 0 aromatic carbocycles. The molecule has 1 aliphatic heterocycles. The molecule has 18 heavy (non-hydrogen) atoms. The summed E-state index contributed by atoms with van der Waals surface area (Å²) >= 11 is 1.45. The topological polar surface area (TPSA) is 41.1 Å². The highest BCUT2D eigenvalue weighted by atomic mass is 35.5. The van der Waals surface area contributed by atoms with Crippen molar-refractivity contribution in [3.8, 4) is 0 Å². The molecule has 1 N–H and O–H groups in total. The predicted octanol–water partition coefficient (Wildman–Crippen LogP) is 1.92. The van der Waals surface area contributed by atoms with Crippen LogP contribution in [0.3, 0.4) is 0 Å². The van der Waals surface area contributed by atoms with Gasteiger partial charge in [-0.05, 0) is 49.7 Å². The van der Waals surface area contributed by atoms with Crippen LogP contribution >= 0.6 is 23.9 Å². The molecule has 2 aliphatic rings. The van der Waals surface area contributed by atoms with Gasteiger partial charge in [-0.3, -0.25) is 4.90 Å². The van der Waals surface area contributed by atoms with Gasteiger partial charge in [0.05, 0.1) is 5.69 Å². The average molecular weight is 289 g/mol. The molecule has 2 heterocycles. The summed E-state index contributed by atoms with van der Waals surface area (Å²) in [5.74, 6) is 0.995. The maximum atomic E-state index is 4.11. The molecule has 3 rings (SSSR count). The van der Waals surface area contributed by atoms with E-state index in [9.17, 15) is 0 Å². The van der Waals surface area contributed by atoms with E-state index in [0.717, 1.165) is 24.2 Å². The zero-order chi connectivity index (χ0) is 11.5. The minimum Gasteiger partial charge on any atom is -0.314 e. The highest BCUT2D eigenvalue weighted by Gasteiger charge is 2.24. The Morgan fingerprint density at radius 1 is 1.28 bits per heavy atom. The quantitative estimate of drug-likeness (QED) is 0.899. The van der Waals surface area contributed by atoms with Gasteiger partial charge < -0.3 is 5.32 Å². The summed E-state index contributed by atoms with van der Waals surface area (Å²) in [6.07, 6.45) is 5.46. The molecule has 1 aromatic heterocycles. The molecule has 0 radical (unpaired) electrons. The molecule has 2 fully saturated rings. The summed E-state index contributed by atoms with van der Waals surface area (Å²) in [7, 11) is 0. The van der Waals surface area contributed by atoms with E-state index in [0.29, 0.717) is 0 Å². The van der Waals surface area contributed by atoms with Crippen molar-refractivity contribution in [3.05, 3.63) is 11.1 Å². The maximum absolute atomic E-state index is 4.11. The largest absolute Gasteiger partial charge is 0.314 e. The van der Waals surface area contributed by atoms with Crippen LogP contribution < -0.4 is 5.32 Å². The Kier molecular flexibility index (Phi) is 5.36. The molecular weight excluding hydrogens is 268 g/mol.